The van der Waals surface area contributed by atoms with Crippen LogP contribution in [-0.2, 0) is 16.6 Å². The average molecular weight is 366 g/mol. The number of rotatable bonds is 1. The van der Waals surface area contributed by atoms with E-state index in [1.54, 1.807) is 11.6 Å². The standard InChI is InChI=1S/C20H22N4O3/c1-23-18-14(6-5-13-9-11-21-12-10-13)3-2-4-15(18)24(20(23)27)16-7-8-17(25)22-19(16)26/h2-4,13,16,21H,7-12H2,1H3,(H,22,25,26)/t16-/m1/s1. The topological polar surface area (TPSA) is 85.1 Å². The third kappa shape index (κ3) is 3.17. The number of imide groups is 1. The molecule has 2 aliphatic heterocycles. The number of hydrogen-bond acceptors (Lipinski definition) is 4. The SMILES string of the molecule is Cn1c(=O)n([C@@H]2CCC(=O)NC2=O)c2cccc(C#CC3CCNCC3)c21. The minimum Gasteiger partial charge on any atom is -0.317 e. The minimum atomic E-state index is -0.675. The number of nitrogens with one attached hydrogen (secondary N) is 2. The van der Waals surface area contributed by atoms with Gasteiger partial charge >= 0.3 is 5.69 Å². The summed E-state index contributed by atoms with van der Waals surface area (Å²) in [6.45, 7) is 1.96. The molecule has 2 aromatic rings. The molecule has 0 unspecified atom stereocenters. The van der Waals surface area contributed by atoms with Gasteiger partial charge in [-0.25, -0.2) is 4.79 Å². The summed E-state index contributed by atoms with van der Waals surface area (Å²) in [5, 5.41) is 5.66. The molecule has 2 amide bonds. The molecule has 0 aliphatic carbocycles. The lowest BCUT2D eigenvalue weighted by Crippen LogP contribution is -2.44. The predicted molar refractivity (Wildman–Crippen MR) is 101 cm³/mol. The lowest BCUT2D eigenvalue weighted by molar-refractivity contribution is -0.135. The van der Waals surface area contributed by atoms with E-state index in [1.807, 2.05) is 18.2 Å². The fourth-order valence-corrected chi connectivity index (χ4v) is 3.92. The van der Waals surface area contributed by atoms with E-state index in [0.29, 0.717) is 17.9 Å². The number of benzene rings is 1. The number of amides is 2. The maximum absolute atomic E-state index is 12.9. The molecule has 2 fully saturated rings. The first-order valence-corrected chi connectivity index (χ1v) is 9.32. The van der Waals surface area contributed by atoms with Crippen LogP contribution in [0.5, 0.6) is 0 Å². The van der Waals surface area contributed by atoms with Crippen LogP contribution >= 0.6 is 0 Å². The average Bonchev–Trinajstić information content (AvgIpc) is 2.93. The Morgan fingerprint density at radius 1 is 1.11 bits per heavy atom. The number of nitrogens with zero attached hydrogens (tertiary/aromatic N) is 2. The molecular formula is C20H22N4O3. The smallest absolute Gasteiger partial charge is 0.317 e. The Bertz CT molecular complexity index is 1030. The fourth-order valence-electron chi connectivity index (χ4n) is 3.92. The van der Waals surface area contributed by atoms with Crippen LogP contribution in [0, 0.1) is 17.8 Å². The van der Waals surface area contributed by atoms with Crippen molar-refractivity contribution in [1.29, 1.82) is 0 Å². The first-order chi connectivity index (χ1) is 13.1. The maximum atomic E-state index is 12.9. The van der Waals surface area contributed by atoms with Crippen molar-refractivity contribution in [3.05, 3.63) is 34.2 Å². The van der Waals surface area contributed by atoms with E-state index in [2.05, 4.69) is 22.5 Å². The van der Waals surface area contributed by atoms with Gasteiger partial charge in [-0.3, -0.25) is 24.0 Å². The molecule has 1 atom stereocenters. The van der Waals surface area contributed by atoms with E-state index in [4.69, 9.17) is 0 Å². The molecule has 140 valence electrons. The third-order valence-electron chi connectivity index (χ3n) is 5.37. The number of aryl methyl sites for hydroxylation is 1. The van der Waals surface area contributed by atoms with Crippen LogP contribution in [0.2, 0.25) is 0 Å². The van der Waals surface area contributed by atoms with Crippen molar-refractivity contribution in [2.75, 3.05) is 13.1 Å². The second kappa shape index (κ2) is 7.05. The van der Waals surface area contributed by atoms with Crippen LogP contribution in [0.4, 0.5) is 0 Å². The molecule has 0 spiro atoms. The summed E-state index contributed by atoms with van der Waals surface area (Å²) in [7, 11) is 1.70. The van der Waals surface area contributed by atoms with Crippen LogP contribution in [0.25, 0.3) is 11.0 Å². The number of para-hydroxylation sites is 1. The van der Waals surface area contributed by atoms with E-state index in [-0.39, 0.29) is 18.0 Å². The Morgan fingerprint density at radius 3 is 2.63 bits per heavy atom. The van der Waals surface area contributed by atoms with Gasteiger partial charge in [-0.05, 0) is 44.5 Å². The Kier molecular flexibility index (Phi) is 4.58. The zero-order valence-corrected chi connectivity index (χ0v) is 15.2. The Hall–Kier alpha value is -2.85. The number of hydrogen-bond donors (Lipinski definition) is 2. The van der Waals surface area contributed by atoms with Crippen LogP contribution < -0.4 is 16.3 Å². The van der Waals surface area contributed by atoms with Gasteiger partial charge in [0.15, 0.2) is 0 Å². The molecular weight excluding hydrogens is 344 g/mol. The van der Waals surface area contributed by atoms with Crippen molar-refractivity contribution < 1.29 is 9.59 Å². The molecule has 7 nitrogen and oxygen atoms in total. The van der Waals surface area contributed by atoms with Gasteiger partial charge in [-0.15, -0.1) is 0 Å². The third-order valence-corrected chi connectivity index (χ3v) is 5.37. The monoisotopic (exact) mass is 366 g/mol. The number of aromatic nitrogens is 2. The van der Waals surface area contributed by atoms with Gasteiger partial charge in [0.25, 0.3) is 0 Å². The van der Waals surface area contributed by atoms with Gasteiger partial charge in [0.05, 0.1) is 16.6 Å². The second-order valence-corrected chi connectivity index (χ2v) is 7.15. The van der Waals surface area contributed by atoms with Crippen LogP contribution in [0.1, 0.15) is 37.3 Å². The van der Waals surface area contributed by atoms with Gasteiger partial charge in [0.1, 0.15) is 6.04 Å². The second-order valence-electron chi connectivity index (χ2n) is 7.15. The Labute approximate surface area is 156 Å². The lowest BCUT2D eigenvalue weighted by Gasteiger charge is -2.21. The molecule has 27 heavy (non-hydrogen) atoms. The zero-order valence-electron chi connectivity index (χ0n) is 15.2. The summed E-state index contributed by atoms with van der Waals surface area (Å²) >= 11 is 0. The molecule has 0 radical (unpaired) electrons. The first-order valence-electron chi connectivity index (χ1n) is 9.32. The summed E-state index contributed by atoms with van der Waals surface area (Å²) in [4.78, 5) is 36.6. The molecule has 0 saturated carbocycles. The molecule has 2 saturated heterocycles. The van der Waals surface area contributed by atoms with Crippen molar-refractivity contribution in [3.8, 4) is 11.8 Å². The first kappa shape index (κ1) is 17.6. The van der Waals surface area contributed by atoms with Crippen molar-refractivity contribution in [2.45, 2.75) is 31.7 Å². The number of carbonyl (C=O) groups is 2. The fraction of sp³-hybridized carbons (Fsp3) is 0.450. The molecule has 1 aromatic carbocycles. The summed E-state index contributed by atoms with van der Waals surface area (Å²) in [5.74, 6) is 6.24. The summed E-state index contributed by atoms with van der Waals surface area (Å²) in [6.07, 6.45) is 2.61. The van der Waals surface area contributed by atoms with Gasteiger partial charge in [0.2, 0.25) is 11.8 Å². The molecule has 0 bridgehead atoms. The van der Waals surface area contributed by atoms with Crippen LogP contribution in [0.15, 0.2) is 23.0 Å². The summed E-state index contributed by atoms with van der Waals surface area (Å²) < 4.78 is 3.04. The number of fused-ring (bicyclic) bond motifs is 1. The van der Waals surface area contributed by atoms with Gasteiger partial charge < -0.3 is 5.32 Å². The highest BCUT2D eigenvalue weighted by atomic mass is 16.2. The highest BCUT2D eigenvalue weighted by Crippen LogP contribution is 2.24. The summed E-state index contributed by atoms with van der Waals surface area (Å²) in [6, 6.07) is 4.92. The molecule has 2 N–H and O–H groups in total. The molecule has 2 aliphatic rings. The van der Waals surface area contributed by atoms with Crippen molar-refractivity contribution in [3.63, 3.8) is 0 Å². The number of imidazole rings is 1. The highest BCUT2D eigenvalue weighted by molar-refractivity contribution is 6.00. The van der Waals surface area contributed by atoms with E-state index in [9.17, 15) is 14.4 Å². The summed E-state index contributed by atoms with van der Waals surface area (Å²) in [5.41, 5.74) is 1.93. The zero-order chi connectivity index (χ0) is 19.0. The highest BCUT2D eigenvalue weighted by Gasteiger charge is 2.31. The molecule has 1 aromatic heterocycles. The van der Waals surface area contributed by atoms with Crippen molar-refractivity contribution in [1.82, 2.24) is 19.8 Å². The van der Waals surface area contributed by atoms with Crippen LogP contribution in [0.3, 0.4) is 0 Å². The molecule has 4 rings (SSSR count). The van der Waals surface area contributed by atoms with E-state index in [1.165, 1.54) is 4.57 Å². The van der Waals surface area contributed by atoms with Crippen molar-refractivity contribution in [2.24, 2.45) is 13.0 Å². The lowest BCUT2D eigenvalue weighted by atomic mass is 9.98. The van der Waals surface area contributed by atoms with Gasteiger partial charge in [0, 0.05) is 19.4 Å². The normalized spacial score (nSPS) is 21.0. The van der Waals surface area contributed by atoms with Crippen LogP contribution in [-0.4, -0.2) is 34.0 Å². The number of piperidine rings is 2. The van der Waals surface area contributed by atoms with Gasteiger partial charge in [-0.2, -0.15) is 0 Å². The Balaban J connectivity index is 1.78. The molecule has 3 heterocycles. The predicted octanol–water partition coefficient (Wildman–Crippen LogP) is 0.669. The minimum absolute atomic E-state index is 0.231. The van der Waals surface area contributed by atoms with E-state index >= 15 is 0 Å². The van der Waals surface area contributed by atoms with Crippen molar-refractivity contribution >= 4 is 22.8 Å². The largest absolute Gasteiger partial charge is 0.329 e. The van der Waals surface area contributed by atoms with E-state index in [0.717, 1.165) is 37.0 Å². The van der Waals surface area contributed by atoms with E-state index < -0.39 is 11.9 Å². The molecule has 7 heteroatoms. The quantitative estimate of drug-likeness (QED) is 0.574. The maximum Gasteiger partial charge on any atom is 0.329 e. The Morgan fingerprint density at radius 2 is 1.89 bits per heavy atom. The number of carbonyl (C=O) groups excluding carboxylic acids is 2. The van der Waals surface area contributed by atoms with Gasteiger partial charge in [-0.1, -0.05) is 17.9 Å².